The van der Waals surface area contributed by atoms with Crippen LogP contribution in [0.15, 0.2) is 6.07 Å². The number of anilines is 2. The summed E-state index contributed by atoms with van der Waals surface area (Å²) < 4.78 is 0. The lowest BCUT2D eigenvalue weighted by Gasteiger charge is -2.08. The second kappa shape index (κ2) is 2.34. The fourth-order valence-corrected chi connectivity index (χ4v) is 0.945. The molecule has 1 aromatic carbocycles. The van der Waals surface area contributed by atoms with Gasteiger partial charge in [0.1, 0.15) is 5.75 Å². The summed E-state index contributed by atoms with van der Waals surface area (Å²) in [6.45, 7) is 3.69. The Kier molecular flexibility index (Phi) is 1.64. The summed E-state index contributed by atoms with van der Waals surface area (Å²) >= 11 is 0. The van der Waals surface area contributed by atoms with Crippen molar-refractivity contribution < 1.29 is 5.11 Å². The van der Waals surface area contributed by atoms with Crippen LogP contribution in [0.25, 0.3) is 0 Å². The van der Waals surface area contributed by atoms with Crippen molar-refractivity contribution in [2.24, 2.45) is 0 Å². The van der Waals surface area contributed by atoms with Crippen LogP contribution in [0.3, 0.4) is 0 Å². The number of phenolic OH excluding ortho intramolecular Hbond substituents is 1. The van der Waals surface area contributed by atoms with Crippen molar-refractivity contribution >= 4 is 11.4 Å². The maximum absolute atomic E-state index is 9.36. The third-order valence-electron chi connectivity index (χ3n) is 1.88. The van der Waals surface area contributed by atoms with E-state index in [2.05, 4.69) is 0 Å². The fourth-order valence-electron chi connectivity index (χ4n) is 0.945. The first-order chi connectivity index (χ1) is 5.04. The summed E-state index contributed by atoms with van der Waals surface area (Å²) in [5.74, 6) is 0.0995. The van der Waals surface area contributed by atoms with Gasteiger partial charge in [0.2, 0.25) is 0 Å². The van der Waals surface area contributed by atoms with Crippen LogP contribution in [0.2, 0.25) is 0 Å². The molecule has 0 spiro atoms. The second-order valence-corrected chi connectivity index (χ2v) is 2.67. The molecule has 1 aromatic rings. The maximum atomic E-state index is 9.36. The summed E-state index contributed by atoms with van der Waals surface area (Å²) in [5.41, 5.74) is 13.4. The topological polar surface area (TPSA) is 72.3 Å². The summed E-state index contributed by atoms with van der Waals surface area (Å²) in [5, 5.41) is 9.36. The van der Waals surface area contributed by atoms with Gasteiger partial charge < -0.3 is 16.6 Å². The van der Waals surface area contributed by atoms with Crippen LogP contribution in [-0.2, 0) is 0 Å². The maximum Gasteiger partial charge on any atom is 0.143 e. The van der Waals surface area contributed by atoms with Crippen LogP contribution in [0, 0.1) is 13.8 Å². The molecule has 0 aliphatic rings. The van der Waals surface area contributed by atoms with Crippen molar-refractivity contribution in [2.45, 2.75) is 13.8 Å². The average Bonchev–Trinajstić information content (AvgIpc) is 1.97. The van der Waals surface area contributed by atoms with Crippen molar-refractivity contribution in [2.75, 3.05) is 11.5 Å². The van der Waals surface area contributed by atoms with E-state index in [1.165, 1.54) is 0 Å². The molecular formula is C8H12N2O. The van der Waals surface area contributed by atoms with E-state index in [1.807, 2.05) is 6.92 Å². The minimum Gasteiger partial charge on any atom is -0.505 e. The molecular weight excluding hydrogens is 140 g/mol. The van der Waals surface area contributed by atoms with Crippen LogP contribution in [0.1, 0.15) is 11.1 Å². The predicted molar refractivity (Wildman–Crippen MR) is 46.4 cm³/mol. The van der Waals surface area contributed by atoms with Crippen molar-refractivity contribution in [1.29, 1.82) is 0 Å². The third-order valence-corrected chi connectivity index (χ3v) is 1.88. The summed E-state index contributed by atoms with van der Waals surface area (Å²) in [7, 11) is 0. The Morgan fingerprint density at radius 3 is 2.36 bits per heavy atom. The van der Waals surface area contributed by atoms with Crippen LogP contribution in [-0.4, -0.2) is 5.11 Å². The van der Waals surface area contributed by atoms with Crippen molar-refractivity contribution in [3.8, 4) is 5.75 Å². The SMILES string of the molecule is Cc1cc(N)c(N)c(O)c1C. The Hall–Kier alpha value is -1.38. The van der Waals surface area contributed by atoms with Crippen molar-refractivity contribution in [3.63, 3.8) is 0 Å². The molecule has 0 saturated carbocycles. The first kappa shape index (κ1) is 7.72. The van der Waals surface area contributed by atoms with Crippen molar-refractivity contribution in [1.82, 2.24) is 0 Å². The van der Waals surface area contributed by atoms with Gasteiger partial charge in [0, 0.05) is 0 Å². The first-order valence-corrected chi connectivity index (χ1v) is 3.38. The third kappa shape index (κ3) is 1.09. The Balaban J connectivity index is 3.46. The van der Waals surface area contributed by atoms with Gasteiger partial charge >= 0.3 is 0 Å². The monoisotopic (exact) mass is 152 g/mol. The summed E-state index contributed by atoms with van der Waals surface area (Å²) in [4.78, 5) is 0. The lowest BCUT2D eigenvalue weighted by Crippen LogP contribution is -1.97. The van der Waals surface area contributed by atoms with Gasteiger partial charge in [0.15, 0.2) is 0 Å². The molecule has 5 N–H and O–H groups in total. The zero-order valence-electron chi connectivity index (χ0n) is 6.68. The molecule has 3 nitrogen and oxygen atoms in total. The molecule has 0 atom stereocenters. The first-order valence-electron chi connectivity index (χ1n) is 3.38. The van der Waals surface area contributed by atoms with E-state index in [-0.39, 0.29) is 11.4 Å². The number of phenols is 1. The van der Waals surface area contributed by atoms with Crippen molar-refractivity contribution in [3.05, 3.63) is 17.2 Å². The number of nitrogen functional groups attached to an aromatic ring is 2. The van der Waals surface area contributed by atoms with Crippen LogP contribution >= 0.6 is 0 Å². The highest BCUT2D eigenvalue weighted by Crippen LogP contribution is 2.32. The number of aromatic hydroxyl groups is 1. The molecule has 0 aliphatic heterocycles. The minimum atomic E-state index is 0.0995. The number of benzene rings is 1. The molecule has 0 fully saturated rings. The lowest BCUT2D eigenvalue weighted by molar-refractivity contribution is 0.473. The summed E-state index contributed by atoms with van der Waals surface area (Å²) in [6.07, 6.45) is 0. The summed E-state index contributed by atoms with van der Waals surface area (Å²) in [6, 6.07) is 1.75. The average molecular weight is 152 g/mol. The van der Waals surface area contributed by atoms with Gasteiger partial charge in [-0.3, -0.25) is 0 Å². The number of hydrogen-bond donors (Lipinski definition) is 3. The molecule has 3 heteroatoms. The minimum absolute atomic E-state index is 0.0995. The van der Waals surface area contributed by atoms with Gasteiger partial charge in [-0.25, -0.2) is 0 Å². The number of hydrogen-bond acceptors (Lipinski definition) is 3. The molecule has 0 aliphatic carbocycles. The van der Waals surface area contributed by atoms with E-state index in [9.17, 15) is 5.11 Å². The van der Waals surface area contributed by atoms with Gasteiger partial charge in [-0.05, 0) is 31.0 Å². The quantitative estimate of drug-likeness (QED) is 0.386. The van der Waals surface area contributed by atoms with Gasteiger partial charge in [-0.1, -0.05) is 0 Å². The smallest absolute Gasteiger partial charge is 0.143 e. The standard InChI is InChI=1S/C8H12N2O/c1-4-3-6(9)7(10)8(11)5(4)2/h3,11H,9-10H2,1-2H3. The Morgan fingerprint density at radius 1 is 1.27 bits per heavy atom. The normalized spacial score (nSPS) is 10.0. The lowest BCUT2D eigenvalue weighted by atomic mass is 10.1. The zero-order valence-corrected chi connectivity index (χ0v) is 6.68. The molecule has 11 heavy (non-hydrogen) atoms. The van der Waals surface area contributed by atoms with E-state index < -0.39 is 0 Å². The molecule has 0 amide bonds. The van der Waals surface area contributed by atoms with E-state index in [0.717, 1.165) is 11.1 Å². The predicted octanol–water partition coefficient (Wildman–Crippen LogP) is 1.17. The molecule has 0 radical (unpaired) electrons. The highest BCUT2D eigenvalue weighted by atomic mass is 16.3. The van der Waals surface area contributed by atoms with E-state index in [1.54, 1.807) is 13.0 Å². The highest BCUT2D eigenvalue weighted by Gasteiger charge is 2.06. The van der Waals surface area contributed by atoms with Gasteiger partial charge in [0.25, 0.3) is 0 Å². The molecule has 0 aromatic heterocycles. The number of aryl methyl sites for hydroxylation is 1. The van der Waals surface area contributed by atoms with E-state index in [0.29, 0.717) is 5.69 Å². The van der Waals surface area contributed by atoms with Crippen LogP contribution in [0.5, 0.6) is 5.75 Å². The molecule has 0 bridgehead atoms. The zero-order chi connectivity index (χ0) is 8.59. The molecule has 60 valence electrons. The van der Waals surface area contributed by atoms with E-state index >= 15 is 0 Å². The molecule has 0 unspecified atom stereocenters. The Labute approximate surface area is 65.6 Å². The van der Waals surface area contributed by atoms with Crippen LogP contribution < -0.4 is 11.5 Å². The number of nitrogens with two attached hydrogens (primary N) is 2. The molecule has 0 heterocycles. The number of rotatable bonds is 0. The Bertz CT molecular complexity index is 268. The largest absolute Gasteiger partial charge is 0.505 e. The second-order valence-electron chi connectivity index (χ2n) is 2.67. The van der Waals surface area contributed by atoms with Gasteiger partial charge in [-0.2, -0.15) is 0 Å². The van der Waals surface area contributed by atoms with Gasteiger partial charge in [-0.15, -0.1) is 0 Å². The highest BCUT2D eigenvalue weighted by molar-refractivity contribution is 5.73. The fraction of sp³-hybridized carbons (Fsp3) is 0.250. The Morgan fingerprint density at radius 2 is 1.82 bits per heavy atom. The molecule has 1 rings (SSSR count). The van der Waals surface area contributed by atoms with Crippen LogP contribution in [0.4, 0.5) is 11.4 Å². The van der Waals surface area contributed by atoms with Gasteiger partial charge in [0.05, 0.1) is 11.4 Å². The molecule has 0 saturated heterocycles. The van der Waals surface area contributed by atoms with E-state index in [4.69, 9.17) is 11.5 Å².